The fourth-order valence-electron chi connectivity index (χ4n) is 2.55. The van der Waals surface area contributed by atoms with Gasteiger partial charge in [-0.3, -0.25) is 14.9 Å². The lowest BCUT2D eigenvalue weighted by Gasteiger charge is -2.30. The van der Waals surface area contributed by atoms with E-state index in [-0.39, 0.29) is 23.7 Å². The van der Waals surface area contributed by atoms with Crippen molar-refractivity contribution < 1.29 is 9.59 Å². The van der Waals surface area contributed by atoms with Crippen LogP contribution in [0, 0.1) is 5.92 Å². The monoisotopic (exact) mass is 309 g/mol. The Balaban J connectivity index is 2.35. The van der Waals surface area contributed by atoms with Gasteiger partial charge in [0, 0.05) is 22.7 Å². The number of carbonyl (C=O) groups is 2. The molecular formula is C14H16BrNO2. The minimum atomic E-state index is -0.173. The van der Waals surface area contributed by atoms with Crippen molar-refractivity contribution in [3.63, 3.8) is 0 Å². The van der Waals surface area contributed by atoms with Gasteiger partial charge in [0.15, 0.2) is 0 Å². The van der Waals surface area contributed by atoms with E-state index in [1.807, 2.05) is 24.3 Å². The molecule has 1 aromatic carbocycles. The van der Waals surface area contributed by atoms with Gasteiger partial charge in [0.2, 0.25) is 11.8 Å². The quantitative estimate of drug-likeness (QED) is 0.872. The number of rotatable bonds is 3. The van der Waals surface area contributed by atoms with Crippen molar-refractivity contribution in [1.29, 1.82) is 0 Å². The standard InChI is InChI=1S/C14H16BrNO2/c1-2-5-10-11(8-13(17)16-14(10)18)9-6-3-4-7-12(9)15/h3-4,6-7,10-11H,2,5,8H2,1H3,(H,16,17,18). The van der Waals surface area contributed by atoms with Crippen molar-refractivity contribution in [3.05, 3.63) is 34.3 Å². The molecule has 0 radical (unpaired) electrons. The van der Waals surface area contributed by atoms with Crippen molar-refractivity contribution >= 4 is 27.7 Å². The smallest absolute Gasteiger partial charge is 0.230 e. The lowest BCUT2D eigenvalue weighted by molar-refractivity contribution is -0.137. The third-order valence-electron chi connectivity index (χ3n) is 3.39. The molecule has 0 bridgehead atoms. The normalized spacial score (nSPS) is 23.9. The van der Waals surface area contributed by atoms with Crippen molar-refractivity contribution in [2.24, 2.45) is 5.92 Å². The van der Waals surface area contributed by atoms with Gasteiger partial charge >= 0.3 is 0 Å². The molecule has 0 saturated carbocycles. The Hall–Kier alpha value is -1.16. The van der Waals surface area contributed by atoms with Crippen LogP contribution in [0.1, 0.15) is 37.7 Å². The summed E-state index contributed by atoms with van der Waals surface area (Å²) < 4.78 is 0.971. The van der Waals surface area contributed by atoms with E-state index in [1.54, 1.807) is 0 Å². The van der Waals surface area contributed by atoms with Crippen LogP contribution >= 0.6 is 15.9 Å². The maximum absolute atomic E-state index is 11.9. The zero-order valence-corrected chi connectivity index (χ0v) is 11.9. The number of imide groups is 1. The Bertz CT molecular complexity index is 473. The predicted molar refractivity (Wildman–Crippen MR) is 73.0 cm³/mol. The Morgan fingerprint density at radius 1 is 1.33 bits per heavy atom. The van der Waals surface area contributed by atoms with Crippen LogP contribution in [0.3, 0.4) is 0 Å². The average molecular weight is 310 g/mol. The van der Waals surface area contributed by atoms with Gasteiger partial charge in [-0.1, -0.05) is 47.5 Å². The fourth-order valence-corrected chi connectivity index (χ4v) is 3.13. The van der Waals surface area contributed by atoms with Gasteiger partial charge < -0.3 is 0 Å². The molecular weight excluding hydrogens is 294 g/mol. The highest BCUT2D eigenvalue weighted by atomic mass is 79.9. The lowest BCUT2D eigenvalue weighted by atomic mass is 9.78. The first kappa shape index (κ1) is 13.3. The second kappa shape index (κ2) is 5.65. The zero-order valence-electron chi connectivity index (χ0n) is 10.3. The molecule has 4 heteroatoms. The van der Waals surface area contributed by atoms with Crippen molar-refractivity contribution in [1.82, 2.24) is 5.32 Å². The summed E-state index contributed by atoms with van der Waals surface area (Å²) in [5.74, 6) is -0.421. The number of piperidine rings is 1. The Morgan fingerprint density at radius 3 is 2.72 bits per heavy atom. The molecule has 2 unspecified atom stereocenters. The van der Waals surface area contributed by atoms with Crippen LogP contribution in [-0.4, -0.2) is 11.8 Å². The SMILES string of the molecule is CCCC1C(=O)NC(=O)CC1c1ccccc1Br. The van der Waals surface area contributed by atoms with E-state index in [1.165, 1.54) is 0 Å². The van der Waals surface area contributed by atoms with Crippen molar-refractivity contribution in [2.75, 3.05) is 0 Å². The van der Waals surface area contributed by atoms with Crippen LogP contribution < -0.4 is 5.32 Å². The van der Waals surface area contributed by atoms with Crippen molar-refractivity contribution in [3.8, 4) is 0 Å². The highest BCUT2D eigenvalue weighted by Gasteiger charge is 2.36. The Labute approximate surface area is 115 Å². The van der Waals surface area contributed by atoms with Crippen LogP contribution in [0.25, 0.3) is 0 Å². The second-order valence-electron chi connectivity index (χ2n) is 4.64. The Morgan fingerprint density at radius 2 is 2.06 bits per heavy atom. The topological polar surface area (TPSA) is 46.2 Å². The number of hydrogen-bond acceptors (Lipinski definition) is 2. The van der Waals surface area contributed by atoms with E-state index in [9.17, 15) is 9.59 Å². The summed E-state index contributed by atoms with van der Waals surface area (Å²) >= 11 is 3.51. The minimum absolute atomic E-state index is 0.0122. The third kappa shape index (κ3) is 2.64. The molecule has 0 aromatic heterocycles. The number of hydrogen-bond donors (Lipinski definition) is 1. The zero-order chi connectivity index (χ0) is 13.1. The highest BCUT2D eigenvalue weighted by Crippen LogP contribution is 2.37. The van der Waals surface area contributed by atoms with Crippen LogP contribution in [0.4, 0.5) is 0 Å². The Kier molecular flexibility index (Phi) is 4.17. The summed E-state index contributed by atoms with van der Waals surface area (Å²) in [6, 6.07) is 7.83. The molecule has 3 nitrogen and oxygen atoms in total. The first-order valence-electron chi connectivity index (χ1n) is 6.21. The maximum atomic E-state index is 11.9. The largest absolute Gasteiger partial charge is 0.296 e. The molecule has 18 heavy (non-hydrogen) atoms. The molecule has 1 aliphatic heterocycles. The van der Waals surface area contributed by atoms with Crippen LogP contribution in [-0.2, 0) is 9.59 Å². The maximum Gasteiger partial charge on any atom is 0.230 e. The van der Waals surface area contributed by atoms with E-state index in [0.717, 1.165) is 22.9 Å². The van der Waals surface area contributed by atoms with Gasteiger partial charge in [0.1, 0.15) is 0 Å². The number of benzene rings is 1. The molecule has 1 heterocycles. The van der Waals surface area contributed by atoms with Crippen LogP contribution in [0.5, 0.6) is 0 Å². The molecule has 1 N–H and O–H groups in total. The van der Waals surface area contributed by atoms with E-state index in [4.69, 9.17) is 0 Å². The van der Waals surface area contributed by atoms with Gasteiger partial charge in [-0.15, -0.1) is 0 Å². The van der Waals surface area contributed by atoms with Crippen LogP contribution in [0.2, 0.25) is 0 Å². The van der Waals surface area contributed by atoms with E-state index >= 15 is 0 Å². The van der Waals surface area contributed by atoms with E-state index in [0.29, 0.717) is 6.42 Å². The van der Waals surface area contributed by atoms with E-state index < -0.39 is 0 Å². The summed E-state index contributed by atoms with van der Waals surface area (Å²) in [4.78, 5) is 23.5. The molecule has 0 spiro atoms. The van der Waals surface area contributed by atoms with Crippen LogP contribution in [0.15, 0.2) is 28.7 Å². The molecule has 0 aliphatic carbocycles. The molecule has 96 valence electrons. The fraction of sp³-hybridized carbons (Fsp3) is 0.429. The molecule has 1 aliphatic rings. The molecule has 1 saturated heterocycles. The summed E-state index contributed by atoms with van der Waals surface area (Å²) in [6.07, 6.45) is 2.14. The van der Waals surface area contributed by atoms with Crippen molar-refractivity contribution in [2.45, 2.75) is 32.1 Å². The van der Waals surface area contributed by atoms with Gasteiger partial charge in [-0.2, -0.15) is 0 Å². The van der Waals surface area contributed by atoms with E-state index in [2.05, 4.69) is 28.2 Å². The average Bonchev–Trinajstić information content (AvgIpc) is 2.33. The molecule has 2 rings (SSSR count). The van der Waals surface area contributed by atoms with Gasteiger partial charge in [0.05, 0.1) is 0 Å². The minimum Gasteiger partial charge on any atom is -0.296 e. The third-order valence-corrected chi connectivity index (χ3v) is 4.12. The lowest BCUT2D eigenvalue weighted by Crippen LogP contribution is -2.44. The highest BCUT2D eigenvalue weighted by molar-refractivity contribution is 9.10. The summed E-state index contributed by atoms with van der Waals surface area (Å²) in [5, 5.41) is 2.44. The summed E-state index contributed by atoms with van der Waals surface area (Å²) in [5.41, 5.74) is 1.05. The number of nitrogens with one attached hydrogen (secondary N) is 1. The number of amides is 2. The molecule has 2 atom stereocenters. The first-order valence-corrected chi connectivity index (χ1v) is 7.01. The molecule has 1 fully saturated rings. The van der Waals surface area contributed by atoms with Gasteiger partial charge in [-0.05, 0) is 18.1 Å². The first-order chi connectivity index (χ1) is 8.63. The predicted octanol–water partition coefficient (Wildman–Crippen LogP) is 3.00. The second-order valence-corrected chi connectivity index (χ2v) is 5.49. The molecule has 2 amide bonds. The summed E-state index contributed by atoms with van der Waals surface area (Å²) in [7, 11) is 0. The summed E-state index contributed by atoms with van der Waals surface area (Å²) in [6.45, 7) is 2.06. The van der Waals surface area contributed by atoms with Gasteiger partial charge in [0.25, 0.3) is 0 Å². The van der Waals surface area contributed by atoms with Gasteiger partial charge in [-0.25, -0.2) is 0 Å². The molecule has 1 aromatic rings. The number of halogens is 1. The number of carbonyl (C=O) groups excluding carboxylic acids is 2.